The molecule has 0 atom stereocenters. The second kappa shape index (κ2) is 5.06. The Balaban J connectivity index is 2.09. The van der Waals surface area contributed by atoms with E-state index < -0.39 is 6.36 Å². The minimum atomic E-state index is -4.73. The maximum Gasteiger partial charge on any atom is 0.573 e. The van der Waals surface area contributed by atoms with Crippen LogP contribution in [0.1, 0.15) is 18.4 Å². The van der Waals surface area contributed by atoms with Gasteiger partial charge in [0.1, 0.15) is 11.5 Å². The average molecular weight is 262 g/mol. The van der Waals surface area contributed by atoms with Crippen LogP contribution >= 0.6 is 0 Å². The average Bonchev–Trinajstić information content (AvgIpc) is 3.08. The minimum absolute atomic E-state index is 0.242. The zero-order valence-corrected chi connectivity index (χ0v) is 9.54. The highest BCUT2D eigenvalue weighted by Gasteiger charge is 2.31. The predicted molar refractivity (Wildman–Crippen MR) is 57.3 cm³/mol. The fourth-order valence-electron chi connectivity index (χ4n) is 1.49. The van der Waals surface area contributed by atoms with Gasteiger partial charge in [-0.1, -0.05) is 0 Å². The summed E-state index contributed by atoms with van der Waals surface area (Å²) in [6.45, 7) is 0.175. The van der Waals surface area contributed by atoms with Gasteiger partial charge in [-0.25, -0.2) is 0 Å². The molecule has 0 spiro atoms. The van der Waals surface area contributed by atoms with E-state index in [9.17, 15) is 13.2 Å². The molecule has 1 saturated carbocycles. The normalized spacial score (nSPS) is 15.6. The summed E-state index contributed by atoms with van der Waals surface area (Å²) >= 11 is 0. The van der Waals surface area contributed by atoms with Crippen molar-refractivity contribution in [3.63, 3.8) is 0 Å². The van der Waals surface area contributed by atoms with E-state index in [4.69, 9.17) is 9.84 Å². The van der Waals surface area contributed by atoms with Crippen LogP contribution in [0.15, 0.2) is 18.2 Å². The van der Waals surface area contributed by atoms with Crippen LogP contribution in [0.4, 0.5) is 13.2 Å². The van der Waals surface area contributed by atoms with Crippen molar-refractivity contribution < 1.29 is 27.8 Å². The largest absolute Gasteiger partial charge is 0.573 e. The lowest BCUT2D eigenvalue weighted by molar-refractivity contribution is -0.274. The second-order valence-electron chi connectivity index (χ2n) is 4.23. The van der Waals surface area contributed by atoms with Gasteiger partial charge >= 0.3 is 6.36 Å². The van der Waals surface area contributed by atoms with Crippen molar-refractivity contribution in [2.75, 3.05) is 6.61 Å². The molecule has 3 nitrogen and oxygen atoms in total. The standard InChI is InChI=1S/C12H13F3O3/c13-12(14,15)18-10-4-3-9(6-16)11(5-10)17-7-8-1-2-8/h3-5,8,16H,1-2,6-7H2. The molecule has 1 aliphatic carbocycles. The fourth-order valence-corrected chi connectivity index (χ4v) is 1.49. The number of hydrogen-bond donors (Lipinski definition) is 1. The van der Waals surface area contributed by atoms with Crippen molar-refractivity contribution in [1.29, 1.82) is 0 Å². The van der Waals surface area contributed by atoms with Gasteiger partial charge in [0.05, 0.1) is 13.2 Å². The van der Waals surface area contributed by atoms with Crippen molar-refractivity contribution >= 4 is 0 Å². The third-order valence-corrected chi connectivity index (χ3v) is 2.61. The first kappa shape index (κ1) is 13.0. The molecule has 1 N–H and O–H groups in total. The Labute approximate surface area is 102 Å². The lowest BCUT2D eigenvalue weighted by Gasteiger charge is -2.13. The zero-order valence-electron chi connectivity index (χ0n) is 9.54. The van der Waals surface area contributed by atoms with Crippen LogP contribution in [0.5, 0.6) is 11.5 Å². The Morgan fingerprint density at radius 3 is 2.56 bits per heavy atom. The van der Waals surface area contributed by atoms with Gasteiger partial charge in [-0.15, -0.1) is 13.2 Å². The summed E-state index contributed by atoms with van der Waals surface area (Å²) in [7, 11) is 0. The maximum atomic E-state index is 12.1. The molecule has 1 fully saturated rings. The SMILES string of the molecule is OCc1ccc(OC(F)(F)F)cc1OCC1CC1. The number of ether oxygens (including phenoxy) is 2. The first-order valence-electron chi connectivity index (χ1n) is 5.60. The van der Waals surface area contributed by atoms with Gasteiger partial charge in [-0.05, 0) is 30.9 Å². The van der Waals surface area contributed by atoms with Crippen LogP contribution in [0.25, 0.3) is 0 Å². The molecule has 6 heteroatoms. The third-order valence-electron chi connectivity index (χ3n) is 2.61. The van der Waals surface area contributed by atoms with Gasteiger partial charge < -0.3 is 14.6 Å². The van der Waals surface area contributed by atoms with Crippen molar-refractivity contribution in [2.24, 2.45) is 5.92 Å². The molecular weight excluding hydrogens is 249 g/mol. The van der Waals surface area contributed by atoms with Gasteiger partial charge in [0.2, 0.25) is 0 Å². The maximum absolute atomic E-state index is 12.1. The van der Waals surface area contributed by atoms with Crippen molar-refractivity contribution in [3.8, 4) is 11.5 Å². The summed E-state index contributed by atoms with van der Waals surface area (Å²) in [5.41, 5.74) is 0.449. The highest BCUT2D eigenvalue weighted by molar-refractivity contribution is 5.40. The van der Waals surface area contributed by atoms with Crippen molar-refractivity contribution in [2.45, 2.75) is 25.8 Å². The molecule has 0 aliphatic heterocycles. The first-order valence-corrected chi connectivity index (χ1v) is 5.60. The Morgan fingerprint density at radius 1 is 1.28 bits per heavy atom. The number of rotatable bonds is 5. The number of hydrogen-bond acceptors (Lipinski definition) is 3. The highest BCUT2D eigenvalue weighted by atomic mass is 19.4. The molecule has 2 rings (SSSR count). The van der Waals surface area contributed by atoms with E-state index in [1.165, 1.54) is 6.07 Å². The quantitative estimate of drug-likeness (QED) is 0.886. The molecule has 0 radical (unpaired) electrons. The molecule has 1 aliphatic rings. The van der Waals surface area contributed by atoms with Gasteiger partial charge in [0, 0.05) is 11.6 Å². The highest BCUT2D eigenvalue weighted by Crippen LogP contribution is 2.33. The minimum Gasteiger partial charge on any atom is -0.493 e. The van der Waals surface area contributed by atoms with E-state index in [2.05, 4.69) is 4.74 Å². The first-order chi connectivity index (χ1) is 8.48. The number of halogens is 3. The van der Waals surface area contributed by atoms with Crippen LogP contribution in [-0.2, 0) is 6.61 Å². The number of alkyl halides is 3. The molecule has 1 aromatic carbocycles. The van der Waals surface area contributed by atoms with Crippen LogP contribution in [0, 0.1) is 5.92 Å². The molecular formula is C12H13F3O3. The summed E-state index contributed by atoms with van der Waals surface area (Å²) < 4.78 is 45.4. The van der Waals surface area contributed by atoms with Gasteiger partial charge in [-0.2, -0.15) is 0 Å². The summed E-state index contributed by atoms with van der Waals surface area (Å²) in [4.78, 5) is 0. The smallest absolute Gasteiger partial charge is 0.493 e. The van der Waals surface area contributed by atoms with Crippen molar-refractivity contribution in [3.05, 3.63) is 23.8 Å². The molecule has 0 bridgehead atoms. The number of aliphatic hydroxyl groups is 1. The molecule has 0 amide bonds. The summed E-state index contributed by atoms with van der Waals surface area (Å²) in [5.74, 6) is 0.375. The van der Waals surface area contributed by atoms with Crippen LogP contribution in [0.3, 0.4) is 0 Å². The Bertz CT molecular complexity index is 414. The van der Waals surface area contributed by atoms with Gasteiger partial charge in [-0.3, -0.25) is 0 Å². The monoisotopic (exact) mass is 262 g/mol. The third kappa shape index (κ3) is 3.80. The number of aliphatic hydroxyl groups excluding tert-OH is 1. The molecule has 0 unspecified atom stereocenters. The topological polar surface area (TPSA) is 38.7 Å². The zero-order chi connectivity index (χ0) is 13.2. The molecule has 0 heterocycles. The van der Waals surface area contributed by atoms with E-state index >= 15 is 0 Å². The van der Waals surface area contributed by atoms with E-state index in [0.717, 1.165) is 25.0 Å². The Hall–Kier alpha value is -1.43. The molecule has 0 saturated heterocycles. The van der Waals surface area contributed by atoms with Crippen LogP contribution in [-0.4, -0.2) is 18.1 Å². The molecule has 100 valence electrons. The number of benzene rings is 1. The Kier molecular flexibility index (Phi) is 3.65. The predicted octanol–water partition coefficient (Wildman–Crippen LogP) is 2.87. The van der Waals surface area contributed by atoms with Crippen LogP contribution < -0.4 is 9.47 Å². The van der Waals surface area contributed by atoms with E-state index in [1.54, 1.807) is 0 Å². The van der Waals surface area contributed by atoms with Crippen LogP contribution in [0.2, 0.25) is 0 Å². The second-order valence-corrected chi connectivity index (χ2v) is 4.23. The lowest BCUT2D eigenvalue weighted by atomic mass is 10.2. The summed E-state index contributed by atoms with van der Waals surface area (Å²) in [5, 5.41) is 9.08. The fraction of sp³-hybridized carbons (Fsp3) is 0.500. The molecule has 0 aromatic heterocycles. The lowest BCUT2D eigenvalue weighted by Crippen LogP contribution is -2.17. The van der Waals surface area contributed by atoms with Crippen molar-refractivity contribution in [1.82, 2.24) is 0 Å². The molecule has 18 heavy (non-hydrogen) atoms. The van der Waals surface area contributed by atoms with Gasteiger partial charge in [0.25, 0.3) is 0 Å². The van der Waals surface area contributed by atoms with E-state index in [1.807, 2.05) is 0 Å². The Morgan fingerprint density at radius 2 is 2.00 bits per heavy atom. The summed E-state index contributed by atoms with van der Waals surface area (Å²) in [6, 6.07) is 3.67. The van der Waals surface area contributed by atoms with E-state index in [0.29, 0.717) is 18.1 Å². The van der Waals surface area contributed by atoms with E-state index in [-0.39, 0.29) is 18.1 Å². The summed E-state index contributed by atoms with van der Waals surface area (Å²) in [6.07, 6.45) is -2.57. The van der Waals surface area contributed by atoms with Gasteiger partial charge in [0.15, 0.2) is 0 Å². The molecule has 1 aromatic rings.